The smallest absolute Gasteiger partial charge is 0.287 e. The number of carbonyl (C=O) groups excluding carboxylic acids is 1. The predicted octanol–water partition coefficient (Wildman–Crippen LogP) is 2.62. The third-order valence-electron chi connectivity index (χ3n) is 4.58. The molecule has 0 aliphatic carbocycles. The molecule has 2 aromatic rings. The molecule has 6 heteroatoms. The van der Waals surface area contributed by atoms with Crippen LogP contribution in [0.15, 0.2) is 29.1 Å². The highest BCUT2D eigenvalue weighted by atomic mass is 16.3. The number of hydrogen-bond donors (Lipinski definition) is 1. The van der Waals surface area contributed by atoms with Gasteiger partial charge in [0, 0.05) is 43.0 Å². The molecule has 1 aliphatic heterocycles. The van der Waals surface area contributed by atoms with Gasteiger partial charge in [-0.3, -0.25) is 14.4 Å². The number of likely N-dealkylation sites (tertiary alicyclic amines) is 1. The molecule has 0 spiro atoms. The molecular weight excluding hydrogens is 304 g/mol. The molecule has 1 atom stereocenters. The molecule has 1 saturated heterocycles. The van der Waals surface area contributed by atoms with Crippen molar-refractivity contribution in [1.82, 2.24) is 20.0 Å². The van der Waals surface area contributed by atoms with Crippen LogP contribution in [-0.2, 0) is 6.54 Å². The van der Waals surface area contributed by atoms with E-state index in [1.165, 1.54) is 5.56 Å². The molecule has 24 heavy (non-hydrogen) atoms. The molecule has 6 nitrogen and oxygen atoms in total. The standard InChI is InChI=1S/C18H26N4O2/c1-13(2)22-12-16(9-20-22)11-21-6-4-15(10-21)8-19-18(23)17-14(3)5-7-24-17/h5,7,9,12-13,15H,4,6,8,10-11H2,1-3H3,(H,19,23). The first-order valence-electron chi connectivity index (χ1n) is 8.60. The van der Waals surface area contributed by atoms with E-state index in [0.717, 1.165) is 31.6 Å². The van der Waals surface area contributed by atoms with Gasteiger partial charge in [0.25, 0.3) is 5.91 Å². The summed E-state index contributed by atoms with van der Waals surface area (Å²) in [7, 11) is 0. The Labute approximate surface area is 142 Å². The maximum Gasteiger partial charge on any atom is 0.287 e. The van der Waals surface area contributed by atoms with Gasteiger partial charge >= 0.3 is 0 Å². The summed E-state index contributed by atoms with van der Waals surface area (Å²) in [4.78, 5) is 14.5. The second-order valence-electron chi connectivity index (χ2n) is 6.95. The molecule has 3 heterocycles. The van der Waals surface area contributed by atoms with Gasteiger partial charge in [0.2, 0.25) is 0 Å². The van der Waals surface area contributed by atoms with Crippen LogP contribution in [0.5, 0.6) is 0 Å². The lowest BCUT2D eigenvalue weighted by atomic mass is 10.1. The Morgan fingerprint density at radius 3 is 3.00 bits per heavy atom. The van der Waals surface area contributed by atoms with Crippen molar-refractivity contribution in [2.75, 3.05) is 19.6 Å². The van der Waals surface area contributed by atoms with E-state index in [9.17, 15) is 4.79 Å². The molecule has 2 aromatic heterocycles. The minimum atomic E-state index is -0.117. The molecule has 130 valence electrons. The molecule has 0 radical (unpaired) electrons. The number of amides is 1. The molecule has 1 aliphatic rings. The Balaban J connectivity index is 1.45. The molecule has 0 bridgehead atoms. The van der Waals surface area contributed by atoms with Crippen molar-refractivity contribution >= 4 is 5.91 Å². The summed E-state index contributed by atoms with van der Waals surface area (Å²) in [5, 5.41) is 7.39. The lowest BCUT2D eigenvalue weighted by molar-refractivity contribution is 0.0918. The number of aromatic nitrogens is 2. The third kappa shape index (κ3) is 3.87. The van der Waals surface area contributed by atoms with E-state index >= 15 is 0 Å². The number of nitrogens with zero attached hydrogens (tertiary/aromatic N) is 3. The fraction of sp³-hybridized carbons (Fsp3) is 0.556. The first-order chi connectivity index (χ1) is 11.5. The monoisotopic (exact) mass is 330 g/mol. The van der Waals surface area contributed by atoms with Crippen LogP contribution >= 0.6 is 0 Å². The van der Waals surface area contributed by atoms with E-state index < -0.39 is 0 Å². The van der Waals surface area contributed by atoms with Crippen LogP contribution in [0.1, 0.15) is 48.0 Å². The van der Waals surface area contributed by atoms with Crippen molar-refractivity contribution in [3.8, 4) is 0 Å². The minimum Gasteiger partial charge on any atom is -0.459 e. The van der Waals surface area contributed by atoms with Crippen molar-refractivity contribution in [2.45, 2.75) is 39.8 Å². The molecule has 1 unspecified atom stereocenters. The van der Waals surface area contributed by atoms with Crippen LogP contribution in [0.25, 0.3) is 0 Å². The molecule has 1 fully saturated rings. The summed E-state index contributed by atoms with van der Waals surface area (Å²) in [5.74, 6) is 0.796. The maximum atomic E-state index is 12.1. The lowest BCUT2D eigenvalue weighted by Crippen LogP contribution is -2.31. The van der Waals surface area contributed by atoms with Gasteiger partial charge in [-0.15, -0.1) is 0 Å². The SMILES string of the molecule is Cc1ccoc1C(=O)NCC1CCN(Cc2cnn(C(C)C)c2)C1. The highest BCUT2D eigenvalue weighted by Gasteiger charge is 2.24. The summed E-state index contributed by atoms with van der Waals surface area (Å²) in [5.41, 5.74) is 2.13. The lowest BCUT2D eigenvalue weighted by Gasteiger charge is -2.15. The van der Waals surface area contributed by atoms with Crippen molar-refractivity contribution in [1.29, 1.82) is 0 Å². The van der Waals surface area contributed by atoms with E-state index in [1.807, 2.05) is 23.9 Å². The fourth-order valence-corrected chi connectivity index (χ4v) is 3.15. The summed E-state index contributed by atoms with van der Waals surface area (Å²) in [6.07, 6.45) is 6.74. The van der Waals surface area contributed by atoms with Gasteiger partial charge in [-0.1, -0.05) is 0 Å². The second kappa shape index (κ2) is 7.21. The van der Waals surface area contributed by atoms with E-state index in [4.69, 9.17) is 4.42 Å². The van der Waals surface area contributed by atoms with Crippen LogP contribution in [0.3, 0.4) is 0 Å². The summed E-state index contributed by atoms with van der Waals surface area (Å²) in [6.45, 7) is 9.83. The Morgan fingerprint density at radius 2 is 2.33 bits per heavy atom. The van der Waals surface area contributed by atoms with Gasteiger partial charge in [-0.2, -0.15) is 5.10 Å². The van der Waals surface area contributed by atoms with Crippen LogP contribution in [0.4, 0.5) is 0 Å². The van der Waals surface area contributed by atoms with Crippen LogP contribution in [-0.4, -0.2) is 40.2 Å². The highest BCUT2D eigenvalue weighted by molar-refractivity contribution is 5.92. The first kappa shape index (κ1) is 16.8. The number of nitrogens with one attached hydrogen (secondary N) is 1. The molecule has 1 N–H and O–H groups in total. The van der Waals surface area contributed by atoms with Crippen molar-refractivity contribution < 1.29 is 9.21 Å². The first-order valence-corrected chi connectivity index (χ1v) is 8.60. The van der Waals surface area contributed by atoms with Crippen LogP contribution in [0, 0.1) is 12.8 Å². The maximum absolute atomic E-state index is 12.1. The fourth-order valence-electron chi connectivity index (χ4n) is 3.15. The summed E-state index contributed by atoms with van der Waals surface area (Å²) in [6, 6.07) is 2.20. The van der Waals surface area contributed by atoms with E-state index in [2.05, 4.69) is 35.4 Å². The molecule has 0 saturated carbocycles. The largest absolute Gasteiger partial charge is 0.459 e. The van der Waals surface area contributed by atoms with Gasteiger partial charge in [0.05, 0.1) is 12.5 Å². The Hall–Kier alpha value is -2.08. The van der Waals surface area contributed by atoms with E-state index in [0.29, 0.717) is 24.3 Å². The number of furan rings is 1. The Bertz CT molecular complexity index is 689. The van der Waals surface area contributed by atoms with Crippen LogP contribution < -0.4 is 5.32 Å². The van der Waals surface area contributed by atoms with Gasteiger partial charge < -0.3 is 9.73 Å². The van der Waals surface area contributed by atoms with E-state index in [1.54, 1.807) is 6.26 Å². The Morgan fingerprint density at radius 1 is 1.50 bits per heavy atom. The van der Waals surface area contributed by atoms with Crippen molar-refractivity contribution in [3.05, 3.63) is 41.6 Å². The average molecular weight is 330 g/mol. The van der Waals surface area contributed by atoms with Gasteiger partial charge in [0.1, 0.15) is 0 Å². The van der Waals surface area contributed by atoms with Gasteiger partial charge in [-0.05, 0) is 45.7 Å². The summed E-state index contributed by atoms with van der Waals surface area (Å²) >= 11 is 0. The van der Waals surface area contributed by atoms with Gasteiger partial charge in [-0.25, -0.2) is 0 Å². The average Bonchev–Trinajstić information content (AvgIpc) is 3.26. The normalized spacial score (nSPS) is 18.4. The minimum absolute atomic E-state index is 0.117. The number of aryl methyl sites for hydroxylation is 1. The highest BCUT2D eigenvalue weighted by Crippen LogP contribution is 2.19. The van der Waals surface area contributed by atoms with Gasteiger partial charge in [0.15, 0.2) is 5.76 Å². The zero-order valence-electron chi connectivity index (χ0n) is 14.7. The predicted molar refractivity (Wildman–Crippen MR) is 91.8 cm³/mol. The topological polar surface area (TPSA) is 63.3 Å². The zero-order chi connectivity index (χ0) is 17.1. The van der Waals surface area contributed by atoms with Crippen LogP contribution in [0.2, 0.25) is 0 Å². The summed E-state index contributed by atoms with van der Waals surface area (Å²) < 4.78 is 7.23. The molecule has 0 aromatic carbocycles. The van der Waals surface area contributed by atoms with E-state index in [-0.39, 0.29) is 5.91 Å². The third-order valence-corrected chi connectivity index (χ3v) is 4.58. The van der Waals surface area contributed by atoms with Crippen molar-refractivity contribution in [2.24, 2.45) is 5.92 Å². The molecular formula is C18H26N4O2. The Kier molecular flexibility index (Phi) is 5.04. The van der Waals surface area contributed by atoms with Crippen molar-refractivity contribution in [3.63, 3.8) is 0 Å². The number of rotatable bonds is 6. The quantitative estimate of drug-likeness (QED) is 0.884. The zero-order valence-corrected chi connectivity index (χ0v) is 14.7. The molecule has 3 rings (SSSR count). The second-order valence-corrected chi connectivity index (χ2v) is 6.95. The number of hydrogen-bond acceptors (Lipinski definition) is 4. The number of carbonyl (C=O) groups is 1. The molecule has 1 amide bonds.